The van der Waals surface area contributed by atoms with Crippen LogP contribution in [0.25, 0.3) is 6.08 Å². The maximum absolute atomic E-state index is 12.7. The minimum atomic E-state index is -1.20. The van der Waals surface area contributed by atoms with Crippen LogP contribution in [0.5, 0.6) is 23.0 Å². The molecule has 1 aliphatic heterocycles. The number of methoxy groups -OCH3 is 1. The molecule has 0 saturated heterocycles. The second-order valence-corrected chi connectivity index (χ2v) is 7.99. The molecular weight excluding hydrogens is 466 g/mol. The number of carbonyl (C=O) groups is 3. The number of benzene rings is 3. The average molecular weight is 489 g/mol. The number of aliphatic carboxylic acids is 1. The Morgan fingerprint density at radius 3 is 2.39 bits per heavy atom. The van der Waals surface area contributed by atoms with Crippen LogP contribution in [0.2, 0.25) is 0 Å². The molecule has 1 amide bonds. The highest BCUT2D eigenvalue weighted by Crippen LogP contribution is 2.35. The molecule has 3 aromatic carbocycles. The van der Waals surface area contributed by atoms with Crippen molar-refractivity contribution >= 4 is 23.7 Å². The van der Waals surface area contributed by atoms with Crippen LogP contribution in [0.1, 0.15) is 21.5 Å². The summed E-state index contributed by atoms with van der Waals surface area (Å²) in [5.41, 5.74) is 1.77. The first kappa shape index (κ1) is 24.3. The first-order chi connectivity index (χ1) is 17.3. The highest BCUT2D eigenvalue weighted by Gasteiger charge is 2.28. The van der Waals surface area contributed by atoms with Gasteiger partial charge in [0, 0.05) is 12.5 Å². The van der Waals surface area contributed by atoms with E-state index in [9.17, 15) is 24.6 Å². The number of ketones is 1. The molecule has 4 rings (SSSR count). The fraction of sp³-hybridized carbons (Fsp3) is 0.148. The lowest BCUT2D eigenvalue weighted by Gasteiger charge is -2.15. The predicted octanol–water partition coefficient (Wildman–Crippen LogP) is 3.21. The zero-order chi connectivity index (χ0) is 25.7. The monoisotopic (exact) mass is 489 g/mol. The lowest BCUT2D eigenvalue weighted by Crippen LogP contribution is -2.44. The lowest BCUT2D eigenvalue weighted by molar-refractivity contribution is -0.142. The topological polar surface area (TPSA) is 131 Å². The van der Waals surface area contributed by atoms with E-state index in [1.54, 1.807) is 55.7 Å². The molecule has 0 radical (unpaired) electrons. The van der Waals surface area contributed by atoms with E-state index in [1.165, 1.54) is 24.3 Å². The van der Waals surface area contributed by atoms with Crippen LogP contribution in [-0.2, 0) is 16.0 Å². The quantitative estimate of drug-likeness (QED) is 0.391. The zero-order valence-electron chi connectivity index (χ0n) is 19.3. The van der Waals surface area contributed by atoms with Crippen LogP contribution in [0.3, 0.4) is 0 Å². The predicted molar refractivity (Wildman–Crippen MR) is 129 cm³/mol. The molecule has 3 aromatic rings. The minimum Gasteiger partial charge on any atom is -0.508 e. The van der Waals surface area contributed by atoms with E-state index in [2.05, 4.69) is 5.32 Å². The fourth-order valence-corrected chi connectivity index (χ4v) is 3.56. The third-order valence-corrected chi connectivity index (χ3v) is 5.43. The summed E-state index contributed by atoms with van der Waals surface area (Å²) in [5, 5.41) is 21.2. The normalized spacial score (nSPS) is 14.0. The molecule has 1 heterocycles. The Morgan fingerprint density at radius 1 is 1.03 bits per heavy atom. The molecule has 3 N–H and O–H groups in total. The molecule has 0 saturated carbocycles. The number of Topliss-reactive ketones (excluding diaryl/α,β-unsaturated/α-hetero) is 1. The van der Waals surface area contributed by atoms with E-state index in [0.717, 1.165) is 5.56 Å². The van der Waals surface area contributed by atoms with Crippen molar-refractivity contribution in [2.45, 2.75) is 12.5 Å². The summed E-state index contributed by atoms with van der Waals surface area (Å²) in [6, 6.07) is 16.6. The number of amides is 1. The highest BCUT2D eigenvalue weighted by molar-refractivity contribution is 6.14. The largest absolute Gasteiger partial charge is 0.508 e. The number of hydrogen-bond acceptors (Lipinski definition) is 7. The molecule has 0 aromatic heterocycles. The van der Waals surface area contributed by atoms with Gasteiger partial charge in [-0.3, -0.25) is 9.59 Å². The van der Waals surface area contributed by atoms with E-state index in [1.807, 2.05) is 0 Å². The fourth-order valence-electron chi connectivity index (χ4n) is 3.56. The highest BCUT2D eigenvalue weighted by atomic mass is 16.5. The van der Waals surface area contributed by atoms with Crippen molar-refractivity contribution in [2.75, 3.05) is 13.7 Å². The van der Waals surface area contributed by atoms with Gasteiger partial charge in [0.15, 0.2) is 12.4 Å². The number of ether oxygens (including phenoxy) is 3. The Bertz CT molecular complexity index is 1310. The number of carbonyl (C=O) groups excluding carboxylic acids is 2. The Labute approximate surface area is 206 Å². The minimum absolute atomic E-state index is 0.0411. The van der Waals surface area contributed by atoms with Gasteiger partial charge in [0.25, 0.3) is 5.91 Å². The van der Waals surface area contributed by atoms with Gasteiger partial charge in [0.2, 0.25) is 5.78 Å². The van der Waals surface area contributed by atoms with Gasteiger partial charge >= 0.3 is 5.97 Å². The standard InChI is InChI=1S/C27H23NO8/c1-34-19-8-4-17(5-9-19)13-24-26(31)21-11-10-20(14-23(21)36-24)35-15-25(30)28-22(27(32)33)12-16-2-6-18(29)7-3-16/h2-11,13-14,22,29H,12,15H2,1H3,(H,28,30)(H,32,33)/t22-/m1/s1. The van der Waals surface area contributed by atoms with Crippen LogP contribution >= 0.6 is 0 Å². The molecule has 1 aliphatic rings. The van der Waals surface area contributed by atoms with Gasteiger partial charge in [-0.2, -0.15) is 0 Å². The van der Waals surface area contributed by atoms with Gasteiger partial charge in [-0.05, 0) is 53.6 Å². The summed E-state index contributed by atoms with van der Waals surface area (Å²) in [6.07, 6.45) is 1.66. The second kappa shape index (κ2) is 10.6. The van der Waals surface area contributed by atoms with E-state index >= 15 is 0 Å². The van der Waals surface area contributed by atoms with E-state index in [0.29, 0.717) is 22.6 Å². The van der Waals surface area contributed by atoms with E-state index in [-0.39, 0.29) is 29.5 Å². The maximum Gasteiger partial charge on any atom is 0.326 e. The second-order valence-electron chi connectivity index (χ2n) is 7.99. The van der Waals surface area contributed by atoms with E-state index < -0.39 is 24.5 Å². The summed E-state index contributed by atoms with van der Waals surface area (Å²) >= 11 is 0. The van der Waals surface area contributed by atoms with Crippen LogP contribution in [0, 0.1) is 0 Å². The van der Waals surface area contributed by atoms with Crippen LogP contribution in [-0.4, -0.2) is 47.6 Å². The Kier molecular flexibility index (Phi) is 7.20. The number of carboxylic acids is 1. The first-order valence-electron chi connectivity index (χ1n) is 11.0. The molecular formula is C27H23NO8. The molecule has 9 nitrogen and oxygen atoms in total. The van der Waals surface area contributed by atoms with Gasteiger partial charge in [0.1, 0.15) is 29.0 Å². The molecule has 36 heavy (non-hydrogen) atoms. The molecule has 9 heteroatoms. The third-order valence-electron chi connectivity index (χ3n) is 5.43. The van der Waals surface area contributed by atoms with Crippen LogP contribution in [0.15, 0.2) is 72.5 Å². The number of allylic oxidation sites excluding steroid dienone is 1. The summed E-state index contributed by atoms with van der Waals surface area (Å²) in [4.78, 5) is 36.6. The number of phenols is 1. The van der Waals surface area contributed by atoms with Crippen LogP contribution < -0.4 is 19.5 Å². The number of rotatable bonds is 9. The summed E-state index contributed by atoms with van der Waals surface area (Å²) < 4.78 is 16.3. The summed E-state index contributed by atoms with van der Waals surface area (Å²) in [7, 11) is 1.57. The van der Waals surface area contributed by atoms with Crippen molar-refractivity contribution in [3.63, 3.8) is 0 Å². The average Bonchev–Trinajstić information content (AvgIpc) is 3.18. The molecule has 0 unspecified atom stereocenters. The van der Waals surface area contributed by atoms with Gasteiger partial charge in [-0.1, -0.05) is 24.3 Å². The van der Waals surface area contributed by atoms with E-state index in [4.69, 9.17) is 14.2 Å². The molecule has 0 spiro atoms. The molecule has 0 aliphatic carbocycles. The van der Waals surface area contributed by atoms with Gasteiger partial charge in [0.05, 0.1) is 12.7 Å². The summed E-state index contributed by atoms with van der Waals surface area (Å²) in [6.45, 7) is -0.430. The van der Waals surface area contributed by atoms with Crippen LogP contribution in [0.4, 0.5) is 0 Å². The number of nitrogens with one attached hydrogen (secondary N) is 1. The van der Waals surface area contributed by atoms with Crippen molar-refractivity contribution in [3.8, 4) is 23.0 Å². The van der Waals surface area contributed by atoms with Gasteiger partial charge in [-0.15, -0.1) is 0 Å². The third kappa shape index (κ3) is 5.82. The Morgan fingerprint density at radius 2 is 1.72 bits per heavy atom. The van der Waals surface area contributed by atoms with Crippen molar-refractivity contribution in [1.82, 2.24) is 5.32 Å². The number of fused-ring (bicyclic) bond motifs is 1. The molecule has 1 atom stereocenters. The van der Waals surface area contributed by atoms with Crippen molar-refractivity contribution in [2.24, 2.45) is 0 Å². The smallest absolute Gasteiger partial charge is 0.326 e. The van der Waals surface area contributed by atoms with Crippen molar-refractivity contribution in [3.05, 3.63) is 89.2 Å². The Hall–Kier alpha value is -4.79. The first-order valence-corrected chi connectivity index (χ1v) is 11.0. The number of phenolic OH excluding ortho intramolecular Hbond substituents is 1. The van der Waals surface area contributed by atoms with Gasteiger partial charge < -0.3 is 29.7 Å². The zero-order valence-corrected chi connectivity index (χ0v) is 19.3. The van der Waals surface area contributed by atoms with Crippen molar-refractivity contribution < 1.29 is 38.8 Å². The number of aromatic hydroxyl groups is 1. The van der Waals surface area contributed by atoms with Gasteiger partial charge in [-0.25, -0.2) is 4.79 Å². The molecule has 0 fully saturated rings. The molecule has 184 valence electrons. The maximum atomic E-state index is 12.7. The Balaban J connectivity index is 1.36. The number of carboxylic acid groups (broad SMARTS) is 1. The molecule has 0 bridgehead atoms. The summed E-state index contributed by atoms with van der Waals surface area (Å²) in [5.74, 6) is -0.601. The number of hydrogen-bond donors (Lipinski definition) is 3. The SMILES string of the molecule is COc1ccc(C=C2Oc3cc(OCC(=O)N[C@H](Cc4ccc(O)cc4)C(=O)O)ccc3C2=O)cc1. The van der Waals surface area contributed by atoms with Crippen molar-refractivity contribution in [1.29, 1.82) is 0 Å². The lowest BCUT2D eigenvalue weighted by atomic mass is 10.1.